The smallest absolute Gasteiger partial charge is 0.396 e. The van der Waals surface area contributed by atoms with Crippen LogP contribution in [0.1, 0.15) is 0 Å². The molecule has 31 heavy (non-hydrogen) atoms. The van der Waals surface area contributed by atoms with Gasteiger partial charge in [0, 0.05) is 11.6 Å². The van der Waals surface area contributed by atoms with E-state index in [-0.39, 0.29) is 6.61 Å². The maximum Gasteiger partial charge on any atom is 0.396 e. The van der Waals surface area contributed by atoms with Crippen molar-refractivity contribution in [1.29, 1.82) is 0 Å². The van der Waals surface area contributed by atoms with E-state index in [4.69, 9.17) is 23.4 Å². The zero-order chi connectivity index (χ0) is 21.8. The Bertz CT molecular complexity index is 1250. The van der Waals surface area contributed by atoms with Gasteiger partial charge in [0.2, 0.25) is 0 Å². The van der Waals surface area contributed by atoms with E-state index in [0.717, 1.165) is 16.9 Å². The van der Waals surface area contributed by atoms with Crippen LogP contribution < -0.4 is 23.9 Å². The van der Waals surface area contributed by atoms with E-state index in [1.165, 1.54) is 0 Å². The molecule has 8 heteroatoms. The Kier molecular flexibility index (Phi) is 5.90. The van der Waals surface area contributed by atoms with Crippen molar-refractivity contribution in [2.45, 2.75) is 0 Å². The summed E-state index contributed by atoms with van der Waals surface area (Å²) < 4.78 is 27.1. The first kappa shape index (κ1) is 20.5. The SMILES string of the molecule is COc1ccc(OCC(=O)Oc2cc(-c3ccc(OC)cc3)c3oc(=O)sc3c2)cc1. The molecule has 0 N–H and O–H groups in total. The third kappa shape index (κ3) is 4.70. The Morgan fingerprint density at radius 3 is 2.13 bits per heavy atom. The highest BCUT2D eigenvalue weighted by atomic mass is 32.1. The molecule has 4 aromatic rings. The lowest BCUT2D eigenvalue weighted by Gasteiger charge is -2.09. The first-order valence-corrected chi connectivity index (χ1v) is 10.1. The molecule has 0 aliphatic carbocycles. The number of methoxy groups -OCH3 is 2. The Morgan fingerprint density at radius 2 is 1.48 bits per heavy atom. The summed E-state index contributed by atoms with van der Waals surface area (Å²) in [6.07, 6.45) is 0. The molecule has 0 aliphatic heterocycles. The van der Waals surface area contributed by atoms with Crippen LogP contribution in [0.3, 0.4) is 0 Å². The van der Waals surface area contributed by atoms with Gasteiger partial charge in [0.05, 0.1) is 18.9 Å². The molecule has 1 heterocycles. The molecule has 1 aromatic heterocycles. The maximum absolute atomic E-state index is 12.3. The van der Waals surface area contributed by atoms with Gasteiger partial charge in [0.15, 0.2) is 12.2 Å². The number of rotatable bonds is 7. The quantitative estimate of drug-likeness (QED) is 0.310. The van der Waals surface area contributed by atoms with Crippen molar-refractivity contribution in [1.82, 2.24) is 0 Å². The molecule has 0 unspecified atom stereocenters. The molecular weight excluding hydrogens is 420 g/mol. The van der Waals surface area contributed by atoms with Gasteiger partial charge in [0.25, 0.3) is 0 Å². The van der Waals surface area contributed by atoms with Crippen LogP contribution in [0.4, 0.5) is 0 Å². The minimum atomic E-state index is -0.577. The normalized spacial score (nSPS) is 10.6. The van der Waals surface area contributed by atoms with Gasteiger partial charge in [-0.25, -0.2) is 9.59 Å². The average Bonchev–Trinajstić information content (AvgIpc) is 3.17. The van der Waals surface area contributed by atoms with Crippen LogP contribution in [-0.2, 0) is 4.79 Å². The Balaban J connectivity index is 1.55. The second-order valence-electron chi connectivity index (χ2n) is 6.42. The van der Waals surface area contributed by atoms with E-state index in [9.17, 15) is 9.59 Å². The van der Waals surface area contributed by atoms with E-state index in [1.807, 2.05) is 12.1 Å². The molecule has 7 nitrogen and oxygen atoms in total. The minimum absolute atomic E-state index is 0.274. The van der Waals surface area contributed by atoms with Crippen LogP contribution >= 0.6 is 11.3 Å². The van der Waals surface area contributed by atoms with Crippen molar-refractivity contribution in [2.75, 3.05) is 20.8 Å². The third-order valence-corrected chi connectivity index (χ3v) is 5.23. The van der Waals surface area contributed by atoms with E-state index in [0.29, 0.717) is 38.8 Å². The van der Waals surface area contributed by atoms with Gasteiger partial charge in [-0.05, 0) is 48.0 Å². The molecule has 0 spiro atoms. The van der Waals surface area contributed by atoms with Gasteiger partial charge in [-0.3, -0.25) is 0 Å². The summed E-state index contributed by atoms with van der Waals surface area (Å²) in [5.41, 5.74) is 1.87. The molecule has 158 valence electrons. The van der Waals surface area contributed by atoms with E-state index in [2.05, 4.69) is 0 Å². The number of hydrogen-bond acceptors (Lipinski definition) is 8. The second-order valence-corrected chi connectivity index (χ2v) is 7.40. The lowest BCUT2D eigenvalue weighted by Crippen LogP contribution is -2.17. The van der Waals surface area contributed by atoms with Crippen LogP contribution in [0.5, 0.6) is 23.0 Å². The molecule has 0 radical (unpaired) electrons. The number of ether oxygens (including phenoxy) is 4. The first-order valence-electron chi connectivity index (χ1n) is 9.25. The standard InChI is InChI=1S/C23H18O7S/c1-26-15-5-3-14(4-6-15)19-11-18(12-20-22(19)30-23(25)31-20)29-21(24)13-28-17-9-7-16(27-2)8-10-17/h3-12H,13H2,1-2H3. The number of carbonyl (C=O) groups excluding carboxylic acids is 1. The molecular formula is C23H18O7S. The lowest BCUT2D eigenvalue weighted by atomic mass is 10.0. The van der Waals surface area contributed by atoms with Crippen LogP contribution in [0.15, 0.2) is 69.9 Å². The fraction of sp³-hybridized carbons (Fsp3) is 0.130. The summed E-state index contributed by atoms with van der Waals surface area (Å²) in [6, 6.07) is 17.4. The topological polar surface area (TPSA) is 84.2 Å². The van der Waals surface area contributed by atoms with Gasteiger partial charge >= 0.3 is 10.9 Å². The van der Waals surface area contributed by atoms with Gasteiger partial charge in [-0.15, -0.1) is 0 Å². The van der Waals surface area contributed by atoms with Crippen LogP contribution in [0.25, 0.3) is 21.4 Å². The number of carbonyl (C=O) groups is 1. The molecule has 4 rings (SSSR count). The summed E-state index contributed by atoms with van der Waals surface area (Å²) in [5, 5.41) is 0. The maximum atomic E-state index is 12.3. The van der Waals surface area contributed by atoms with Gasteiger partial charge in [0.1, 0.15) is 23.0 Å². The predicted octanol–water partition coefficient (Wildman–Crippen LogP) is 4.52. The van der Waals surface area contributed by atoms with Crippen molar-refractivity contribution >= 4 is 27.6 Å². The molecule has 0 amide bonds. The minimum Gasteiger partial charge on any atom is -0.497 e. The largest absolute Gasteiger partial charge is 0.497 e. The number of hydrogen-bond donors (Lipinski definition) is 0. The van der Waals surface area contributed by atoms with Crippen molar-refractivity contribution in [3.05, 3.63) is 70.4 Å². The zero-order valence-corrected chi connectivity index (χ0v) is 17.6. The van der Waals surface area contributed by atoms with Crippen molar-refractivity contribution < 1.29 is 28.2 Å². The molecule has 0 fully saturated rings. The Morgan fingerprint density at radius 1 is 0.871 bits per heavy atom. The lowest BCUT2D eigenvalue weighted by molar-refractivity contribution is -0.136. The van der Waals surface area contributed by atoms with E-state index in [1.54, 1.807) is 62.8 Å². The van der Waals surface area contributed by atoms with Gasteiger partial charge in [-0.2, -0.15) is 0 Å². The van der Waals surface area contributed by atoms with Gasteiger partial charge < -0.3 is 23.4 Å². The molecule has 0 bridgehead atoms. The summed E-state index contributed by atoms with van der Waals surface area (Å²) in [5.74, 6) is 1.61. The summed E-state index contributed by atoms with van der Waals surface area (Å²) in [6.45, 7) is -0.274. The van der Waals surface area contributed by atoms with E-state index >= 15 is 0 Å². The first-order chi connectivity index (χ1) is 15.1. The summed E-state index contributed by atoms with van der Waals surface area (Å²) in [4.78, 5) is 23.7. The predicted molar refractivity (Wildman–Crippen MR) is 116 cm³/mol. The number of fused-ring (bicyclic) bond motifs is 1. The van der Waals surface area contributed by atoms with Crippen LogP contribution in [-0.4, -0.2) is 26.8 Å². The highest BCUT2D eigenvalue weighted by Crippen LogP contribution is 2.35. The Labute approximate surface area is 181 Å². The van der Waals surface area contributed by atoms with Crippen LogP contribution in [0.2, 0.25) is 0 Å². The fourth-order valence-electron chi connectivity index (χ4n) is 2.97. The zero-order valence-electron chi connectivity index (χ0n) is 16.7. The molecule has 0 saturated heterocycles. The van der Waals surface area contributed by atoms with Crippen molar-refractivity contribution in [3.63, 3.8) is 0 Å². The van der Waals surface area contributed by atoms with Crippen molar-refractivity contribution in [3.8, 4) is 34.1 Å². The summed E-state index contributed by atoms with van der Waals surface area (Å²) >= 11 is 0.942. The molecule has 0 atom stereocenters. The highest BCUT2D eigenvalue weighted by Gasteiger charge is 2.15. The van der Waals surface area contributed by atoms with E-state index < -0.39 is 10.9 Å². The Hall–Kier alpha value is -3.78. The second kappa shape index (κ2) is 8.93. The van der Waals surface area contributed by atoms with Gasteiger partial charge in [-0.1, -0.05) is 23.5 Å². The van der Waals surface area contributed by atoms with Crippen molar-refractivity contribution in [2.24, 2.45) is 0 Å². The average molecular weight is 438 g/mol. The summed E-state index contributed by atoms with van der Waals surface area (Å²) in [7, 11) is 3.15. The molecule has 0 saturated carbocycles. The highest BCUT2D eigenvalue weighted by molar-refractivity contribution is 7.16. The molecule has 3 aromatic carbocycles. The third-order valence-electron chi connectivity index (χ3n) is 4.46. The number of esters is 1. The van der Waals surface area contributed by atoms with Crippen LogP contribution in [0, 0.1) is 0 Å². The number of benzene rings is 3. The monoisotopic (exact) mass is 438 g/mol. The fourth-order valence-corrected chi connectivity index (χ4v) is 3.69. The molecule has 0 aliphatic rings.